The summed E-state index contributed by atoms with van der Waals surface area (Å²) in [4.78, 5) is 17.2. The molecule has 1 heterocycles. The van der Waals surface area contributed by atoms with Crippen LogP contribution in [0, 0.1) is 6.92 Å². The van der Waals surface area contributed by atoms with E-state index in [1.165, 1.54) is 12.1 Å². The Kier molecular flexibility index (Phi) is 5.20. The first-order valence-electron chi connectivity index (χ1n) is 9.27. The zero-order valence-electron chi connectivity index (χ0n) is 16.2. The van der Waals surface area contributed by atoms with Crippen LogP contribution in [-0.2, 0) is 10.0 Å². The molecule has 0 saturated heterocycles. The zero-order chi connectivity index (χ0) is 21.1. The lowest BCUT2D eigenvalue weighted by atomic mass is 10.1. The van der Waals surface area contributed by atoms with Gasteiger partial charge in [0.2, 0.25) is 0 Å². The van der Waals surface area contributed by atoms with Gasteiger partial charge in [-0.2, -0.15) is 0 Å². The van der Waals surface area contributed by atoms with Crippen molar-refractivity contribution < 1.29 is 13.2 Å². The van der Waals surface area contributed by atoms with Crippen molar-refractivity contribution in [2.45, 2.75) is 11.8 Å². The fourth-order valence-electron chi connectivity index (χ4n) is 3.09. The standard InChI is InChI=1S/C23H19N3O3S/c1-16-10-11-21-20(14-16)22(12-13-24-21)25-23(27)17-6-5-9-19(15-17)30(28,29)26-18-7-3-2-4-8-18/h2-15,26H,1H3,(H,24,25,27). The zero-order valence-corrected chi connectivity index (χ0v) is 17.0. The molecule has 0 aliphatic rings. The predicted molar refractivity (Wildman–Crippen MR) is 118 cm³/mol. The Balaban J connectivity index is 1.61. The van der Waals surface area contributed by atoms with E-state index in [1.807, 2.05) is 25.1 Å². The van der Waals surface area contributed by atoms with Gasteiger partial charge in [0.05, 0.1) is 16.1 Å². The summed E-state index contributed by atoms with van der Waals surface area (Å²) in [5.41, 5.74) is 3.12. The maximum absolute atomic E-state index is 12.8. The monoisotopic (exact) mass is 417 g/mol. The highest BCUT2D eigenvalue weighted by Gasteiger charge is 2.17. The second kappa shape index (κ2) is 7.96. The van der Waals surface area contributed by atoms with Gasteiger partial charge in [0.15, 0.2) is 0 Å². The maximum Gasteiger partial charge on any atom is 0.261 e. The van der Waals surface area contributed by atoms with E-state index in [2.05, 4.69) is 15.0 Å². The molecular formula is C23H19N3O3S. The molecule has 4 aromatic rings. The lowest BCUT2D eigenvalue weighted by Crippen LogP contribution is -2.16. The van der Waals surface area contributed by atoms with E-state index in [0.29, 0.717) is 11.4 Å². The Labute approximate surface area is 174 Å². The van der Waals surface area contributed by atoms with Crippen molar-refractivity contribution in [2.24, 2.45) is 0 Å². The quantitative estimate of drug-likeness (QED) is 0.497. The molecule has 3 aromatic carbocycles. The number of anilines is 2. The summed E-state index contributed by atoms with van der Waals surface area (Å²) in [5, 5.41) is 3.68. The summed E-state index contributed by atoms with van der Waals surface area (Å²) >= 11 is 0. The number of aryl methyl sites for hydroxylation is 1. The molecule has 30 heavy (non-hydrogen) atoms. The van der Waals surface area contributed by atoms with Gasteiger partial charge in [0, 0.05) is 22.8 Å². The van der Waals surface area contributed by atoms with Crippen molar-refractivity contribution in [3.63, 3.8) is 0 Å². The number of hydrogen-bond acceptors (Lipinski definition) is 4. The molecule has 0 aliphatic heterocycles. The number of hydrogen-bond donors (Lipinski definition) is 2. The van der Waals surface area contributed by atoms with E-state index in [4.69, 9.17) is 0 Å². The van der Waals surface area contributed by atoms with Crippen molar-refractivity contribution >= 4 is 38.2 Å². The minimum absolute atomic E-state index is 0.00874. The number of sulfonamides is 1. The van der Waals surface area contributed by atoms with E-state index < -0.39 is 15.9 Å². The van der Waals surface area contributed by atoms with Crippen LogP contribution in [0.15, 0.2) is 90.0 Å². The van der Waals surface area contributed by atoms with Crippen molar-refractivity contribution in [1.29, 1.82) is 0 Å². The third-order valence-corrected chi connectivity index (χ3v) is 5.96. The minimum Gasteiger partial charge on any atom is -0.321 e. The summed E-state index contributed by atoms with van der Waals surface area (Å²) in [6.07, 6.45) is 1.62. The average Bonchev–Trinajstić information content (AvgIpc) is 2.74. The Bertz CT molecular complexity index is 1340. The molecule has 0 spiro atoms. The van der Waals surface area contributed by atoms with E-state index in [0.717, 1.165) is 16.5 Å². The molecule has 1 amide bonds. The minimum atomic E-state index is -3.82. The third-order valence-electron chi connectivity index (χ3n) is 4.58. The summed E-state index contributed by atoms with van der Waals surface area (Å²) in [6.45, 7) is 1.96. The van der Waals surface area contributed by atoms with Gasteiger partial charge in [-0.15, -0.1) is 0 Å². The highest BCUT2D eigenvalue weighted by Crippen LogP contribution is 2.24. The van der Waals surface area contributed by atoms with Crippen LogP contribution in [0.3, 0.4) is 0 Å². The fraction of sp³-hybridized carbons (Fsp3) is 0.0435. The van der Waals surface area contributed by atoms with Gasteiger partial charge in [-0.25, -0.2) is 8.42 Å². The van der Waals surface area contributed by atoms with E-state index in [1.54, 1.807) is 54.7 Å². The van der Waals surface area contributed by atoms with Crippen LogP contribution >= 0.6 is 0 Å². The molecule has 0 radical (unpaired) electrons. The van der Waals surface area contributed by atoms with Crippen LogP contribution in [0.4, 0.5) is 11.4 Å². The summed E-state index contributed by atoms with van der Waals surface area (Å²) < 4.78 is 27.9. The van der Waals surface area contributed by atoms with E-state index in [9.17, 15) is 13.2 Å². The van der Waals surface area contributed by atoms with Crippen molar-refractivity contribution in [3.8, 4) is 0 Å². The predicted octanol–water partition coefficient (Wildman–Crippen LogP) is 4.60. The average molecular weight is 417 g/mol. The van der Waals surface area contributed by atoms with Crippen LogP contribution in [0.2, 0.25) is 0 Å². The van der Waals surface area contributed by atoms with Gasteiger partial charge in [-0.3, -0.25) is 14.5 Å². The van der Waals surface area contributed by atoms with Crippen molar-refractivity contribution in [1.82, 2.24) is 4.98 Å². The largest absolute Gasteiger partial charge is 0.321 e. The summed E-state index contributed by atoms with van der Waals surface area (Å²) in [6, 6.07) is 22.0. The summed E-state index contributed by atoms with van der Waals surface area (Å²) in [5.74, 6) is -0.402. The van der Waals surface area contributed by atoms with E-state index >= 15 is 0 Å². The number of fused-ring (bicyclic) bond motifs is 1. The molecule has 0 saturated carbocycles. The van der Waals surface area contributed by atoms with Crippen LogP contribution in [0.5, 0.6) is 0 Å². The highest BCUT2D eigenvalue weighted by atomic mass is 32.2. The number of para-hydroxylation sites is 1. The number of amides is 1. The van der Waals surface area contributed by atoms with Gasteiger partial charge in [-0.05, 0) is 55.5 Å². The van der Waals surface area contributed by atoms with Crippen molar-refractivity contribution in [2.75, 3.05) is 10.0 Å². The number of pyridine rings is 1. The Morgan fingerprint density at radius 2 is 1.70 bits per heavy atom. The topological polar surface area (TPSA) is 88.2 Å². The van der Waals surface area contributed by atoms with Gasteiger partial charge < -0.3 is 5.32 Å². The maximum atomic E-state index is 12.8. The van der Waals surface area contributed by atoms with Gasteiger partial charge in [-0.1, -0.05) is 35.9 Å². The number of carbonyl (C=O) groups is 1. The Hall–Kier alpha value is -3.71. The Morgan fingerprint density at radius 3 is 2.50 bits per heavy atom. The van der Waals surface area contributed by atoms with Crippen LogP contribution in [-0.4, -0.2) is 19.3 Å². The molecule has 0 atom stereocenters. The molecule has 0 bridgehead atoms. The van der Waals surface area contributed by atoms with Gasteiger partial charge in [0.25, 0.3) is 15.9 Å². The van der Waals surface area contributed by atoms with Crippen LogP contribution in [0.25, 0.3) is 10.9 Å². The van der Waals surface area contributed by atoms with Gasteiger partial charge >= 0.3 is 0 Å². The number of carbonyl (C=O) groups excluding carboxylic acids is 1. The molecule has 6 nitrogen and oxygen atoms in total. The molecule has 1 aromatic heterocycles. The van der Waals surface area contributed by atoms with Crippen LogP contribution in [0.1, 0.15) is 15.9 Å². The molecule has 7 heteroatoms. The second-order valence-corrected chi connectivity index (χ2v) is 8.51. The smallest absolute Gasteiger partial charge is 0.261 e. The molecule has 2 N–H and O–H groups in total. The molecule has 0 fully saturated rings. The Morgan fingerprint density at radius 1 is 0.900 bits per heavy atom. The highest BCUT2D eigenvalue weighted by molar-refractivity contribution is 7.92. The first kappa shape index (κ1) is 19.6. The van der Waals surface area contributed by atoms with Gasteiger partial charge in [0.1, 0.15) is 0 Å². The summed E-state index contributed by atoms with van der Waals surface area (Å²) in [7, 11) is -3.82. The molecule has 150 valence electrons. The third kappa shape index (κ3) is 4.16. The number of nitrogens with zero attached hydrogens (tertiary/aromatic N) is 1. The number of rotatable bonds is 5. The normalized spacial score (nSPS) is 11.2. The van der Waals surface area contributed by atoms with E-state index in [-0.39, 0.29) is 10.5 Å². The first-order valence-corrected chi connectivity index (χ1v) is 10.8. The molecule has 4 rings (SSSR count). The molecule has 0 unspecified atom stereocenters. The van der Waals surface area contributed by atoms with Crippen LogP contribution < -0.4 is 10.0 Å². The lowest BCUT2D eigenvalue weighted by Gasteiger charge is -2.11. The second-order valence-electron chi connectivity index (χ2n) is 6.83. The first-order chi connectivity index (χ1) is 14.4. The SMILES string of the molecule is Cc1ccc2nccc(NC(=O)c3cccc(S(=O)(=O)Nc4ccccc4)c3)c2c1. The van der Waals surface area contributed by atoms with Crippen molar-refractivity contribution in [3.05, 3.63) is 96.2 Å². The number of benzene rings is 3. The molecular weight excluding hydrogens is 398 g/mol. The number of aromatic nitrogens is 1. The number of nitrogens with one attached hydrogen (secondary N) is 2. The molecule has 0 aliphatic carbocycles. The lowest BCUT2D eigenvalue weighted by molar-refractivity contribution is 0.102. The fourth-order valence-corrected chi connectivity index (χ4v) is 4.19.